The smallest absolute Gasteiger partial charge is 0.191 e. The highest BCUT2D eigenvalue weighted by Gasteiger charge is 2.10. The molecular formula is C17H22ClN3O2. The van der Waals surface area contributed by atoms with Gasteiger partial charge in [-0.15, -0.1) is 0 Å². The Labute approximate surface area is 141 Å². The van der Waals surface area contributed by atoms with E-state index in [1.165, 1.54) is 0 Å². The number of rotatable bonds is 7. The fraction of sp³-hybridized carbons (Fsp3) is 0.353. The topological polar surface area (TPSA) is 69.8 Å². The van der Waals surface area contributed by atoms with Crippen molar-refractivity contribution in [1.82, 2.24) is 10.6 Å². The lowest BCUT2D eigenvalue weighted by Crippen LogP contribution is -2.38. The van der Waals surface area contributed by atoms with E-state index in [2.05, 4.69) is 15.6 Å². The van der Waals surface area contributed by atoms with Gasteiger partial charge in [0.2, 0.25) is 0 Å². The number of nitrogens with one attached hydrogen (secondary N) is 2. The molecule has 0 aliphatic carbocycles. The van der Waals surface area contributed by atoms with Crippen molar-refractivity contribution in [2.24, 2.45) is 4.99 Å². The summed E-state index contributed by atoms with van der Waals surface area (Å²) in [6, 6.07) is 11.1. The molecule has 124 valence electrons. The lowest BCUT2D eigenvalue weighted by atomic mass is 10.1. The van der Waals surface area contributed by atoms with Crippen molar-refractivity contribution in [3.8, 4) is 0 Å². The van der Waals surface area contributed by atoms with Crippen LogP contribution in [-0.2, 0) is 6.42 Å². The van der Waals surface area contributed by atoms with E-state index in [0.717, 1.165) is 18.7 Å². The van der Waals surface area contributed by atoms with Gasteiger partial charge in [-0.1, -0.05) is 29.8 Å². The highest BCUT2D eigenvalue weighted by atomic mass is 35.5. The predicted molar refractivity (Wildman–Crippen MR) is 92.8 cm³/mol. The van der Waals surface area contributed by atoms with E-state index >= 15 is 0 Å². The van der Waals surface area contributed by atoms with Crippen LogP contribution in [0.15, 0.2) is 52.1 Å². The lowest BCUT2D eigenvalue weighted by molar-refractivity contribution is 0.187. The zero-order valence-corrected chi connectivity index (χ0v) is 13.9. The van der Waals surface area contributed by atoms with E-state index in [-0.39, 0.29) is 6.54 Å². The van der Waals surface area contributed by atoms with Gasteiger partial charge in [0.1, 0.15) is 11.9 Å². The minimum atomic E-state index is -0.732. The highest BCUT2D eigenvalue weighted by molar-refractivity contribution is 6.31. The molecule has 1 unspecified atom stereocenters. The Bertz CT molecular complexity index is 614. The maximum absolute atomic E-state index is 10.2. The zero-order valence-electron chi connectivity index (χ0n) is 13.1. The Morgan fingerprint density at radius 2 is 2.09 bits per heavy atom. The third-order valence-corrected chi connectivity index (χ3v) is 3.62. The fourth-order valence-electron chi connectivity index (χ4n) is 2.12. The number of furan rings is 1. The molecule has 0 fully saturated rings. The third-order valence-electron chi connectivity index (χ3n) is 3.27. The summed E-state index contributed by atoms with van der Waals surface area (Å²) in [5.74, 6) is 1.58. The largest absolute Gasteiger partial charge is 0.469 e. The maximum atomic E-state index is 10.2. The molecule has 0 aliphatic heterocycles. The summed E-state index contributed by atoms with van der Waals surface area (Å²) in [4.78, 5) is 4.40. The zero-order chi connectivity index (χ0) is 16.5. The van der Waals surface area contributed by atoms with Crippen LogP contribution in [0.1, 0.15) is 24.4 Å². The molecule has 0 spiro atoms. The molecule has 2 aromatic rings. The van der Waals surface area contributed by atoms with Crippen molar-refractivity contribution in [2.45, 2.75) is 19.4 Å². The first-order chi connectivity index (χ1) is 11.2. The van der Waals surface area contributed by atoms with Crippen LogP contribution in [0.25, 0.3) is 0 Å². The minimum absolute atomic E-state index is 0.236. The summed E-state index contributed by atoms with van der Waals surface area (Å²) in [6.07, 6.45) is 1.70. The van der Waals surface area contributed by atoms with Crippen molar-refractivity contribution >= 4 is 17.6 Å². The average molecular weight is 336 g/mol. The molecule has 0 saturated heterocycles. The van der Waals surface area contributed by atoms with E-state index in [1.54, 1.807) is 18.4 Å². The summed E-state index contributed by atoms with van der Waals surface area (Å²) in [6.45, 7) is 3.67. The van der Waals surface area contributed by atoms with Crippen molar-refractivity contribution in [1.29, 1.82) is 0 Å². The Hall–Kier alpha value is -1.98. The number of aliphatic hydroxyl groups is 1. The van der Waals surface area contributed by atoms with Gasteiger partial charge in [-0.05, 0) is 25.1 Å². The van der Waals surface area contributed by atoms with E-state index < -0.39 is 6.10 Å². The molecule has 0 aliphatic rings. The van der Waals surface area contributed by atoms with Gasteiger partial charge in [0.05, 0.1) is 12.8 Å². The fourth-order valence-corrected chi connectivity index (χ4v) is 2.38. The first kappa shape index (κ1) is 17.4. The van der Waals surface area contributed by atoms with Crippen LogP contribution in [0, 0.1) is 0 Å². The summed E-state index contributed by atoms with van der Waals surface area (Å²) < 4.78 is 5.29. The summed E-state index contributed by atoms with van der Waals surface area (Å²) in [7, 11) is 0. The monoisotopic (exact) mass is 335 g/mol. The molecule has 1 heterocycles. The predicted octanol–water partition coefficient (Wildman–Crippen LogP) is 2.76. The van der Waals surface area contributed by atoms with Crippen molar-refractivity contribution < 1.29 is 9.52 Å². The molecule has 3 N–H and O–H groups in total. The second kappa shape index (κ2) is 9.22. The molecule has 0 bridgehead atoms. The van der Waals surface area contributed by atoms with Crippen LogP contribution < -0.4 is 10.6 Å². The number of benzene rings is 1. The molecule has 5 nitrogen and oxygen atoms in total. The van der Waals surface area contributed by atoms with Crippen LogP contribution in [0.2, 0.25) is 5.02 Å². The molecule has 6 heteroatoms. The van der Waals surface area contributed by atoms with Gasteiger partial charge in [0.25, 0.3) is 0 Å². The highest BCUT2D eigenvalue weighted by Crippen LogP contribution is 2.22. The van der Waals surface area contributed by atoms with Gasteiger partial charge in [0.15, 0.2) is 5.96 Å². The van der Waals surface area contributed by atoms with Crippen LogP contribution in [0.3, 0.4) is 0 Å². The second-order valence-electron chi connectivity index (χ2n) is 5.01. The first-order valence-electron chi connectivity index (χ1n) is 7.67. The lowest BCUT2D eigenvalue weighted by Gasteiger charge is -2.13. The SMILES string of the molecule is CCNC(=NCC(O)c1ccccc1Cl)NCCc1ccco1. The summed E-state index contributed by atoms with van der Waals surface area (Å²) in [5, 5.41) is 17.1. The number of aliphatic imine (C=N–C) groups is 1. The molecule has 0 saturated carbocycles. The number of aliphatic hydroxyl groups excluding tert-OH is 1. The van der Waals surface area contributed by atoms with E-state index in [4.69, 9.17) is 16.0 Å². The van der Waals surface area contributed by atoms with Gasteiger partial charge in [-0.3, -0.25) is 4.99 Å². The molecule has 1 aromatic carbocycles. The number of hydrogen-bond acceptors (Lipinski definition) is 3. The summed E-state index contributed by atoms with van der Waals surface area (Å²) in [5.41, 5.74) is 0.685. The van der Waals surface area contributed by atoms with Gasteiger partial charge >= 0.3 is 0 Å². The maximum Gasteiger partial charge on any atom is 0.191 e. The number of hydrogen-bond donors (Lipinski definition) is 3. The Kier molecular flexibility index (Phi) is 6.97. The standard InChI is InChI=1S/C17H22ClN3O2/c1-2-19-17(20-10-9-13-6-5-11-23-13)21-12-16(22)14-7-3-4-8-15(14)18/h3-8,11,16,22H,2,9-10,12H2,1H3,(H2,19,20,21). The van der Waals surface area contributed by atoms with Crippen molar-refractivity contribution in [3.63, 3.8) is 0 Å². The molecule has 0 amide bonds. The Balaban J connectivity index is 1.88. The minimum Gasteiger partial charge on any atom is -0.469 e. The van der Waals surface area contributed by atoms with Gasteiger partial charge in [-0.2, -0.15) is 0 Å². The number of halogens is 1. The molecular weight excluding hydrogens is 314 g/mol. The van der Waals surface area contributed by atoms with E-state index in [0.29, 0.717) is 23.1 Å². The average Bonchev–Trinajstić information content (AvgIpc) is 3.06. The molecule has 1 atom stereocenters. The summed E-state index contributed by atoms with van der Waals surface area (Å²) >= 11 is 6.09. The normalized spacial score (nSPS) is 12.9. The number of nitrogens with zero attached hydrogens (tertiary/aromatic N) is 1. The van der Waals surface area contributed by atoms with Crippen LogP contribution >= 0.6 is 11.6 Å². The first-order valence-corrected chi connectivity index (χ1v) is 8.05. The molecule has 23 heavy (non-hydrogen) atoms. The molecule has 1 aromatic heterocycles. The Morgan fingerprint density at radius 3 is 2.78 bits per heavy atom. The second-order valence-corrected chi connectivity index (χ2v) is 5.42. The molecule has 2 rings (SSSR count). The van der Waals surface area contributed by atoms with Crippen molar-refractivity contribution in [3.05, 3.63) is 59.0 Å². The van der Waals surface area contributed by atoms with Crippen LogP contribution in [0.5, 0.6) is 0 Å². The van der Waals surface area contributed by atoms with Crippen LogP contribution in [-0.4, -0.2) is 30.7 Å². The Morgan fingerprint density at radius 1 is 1.26 bits per heavy atom. The van der Waals surface area contributed by atoms with Gasteiger partial charge < -0.3 is 20.2 Å². The van der Waals surface area contributed by atoms with Crippen molar-refractivity contribution in [2.75, 3.05) is 19.6 Å². The van der Waals surface area contributed by atoms with Gasteiger partial charge in [0, 0.05) is 30.1 Å². The molecule has 0 radical (unpaired) electrons. The van der Waals surface area contributed by atoms with E-state index in [9.17, 15) is 5.11 Å². The van der Waals surface area contributed by atoms with Crippen LogP contribution in [0.4, 0.5) is 0 Å². The van der Waals surface area contributed by atoms with E-state index in [1.807, 2.05) is 31.2 Å². The quantitative estimate of drug-likeness (QED) is 0.537. The third kappa shape index (κ3) is 5.62. The van der Waals surface area contributed by atoms with Gasteiger partial charge in [-0.25, -0.2) is 0 Å². The number of guanidine groups is 1.